The highest BCUT2D eigenvalue weighted by Gasteiger charge is 2.36. The molecular weight excluding hydrogens is 467 g/mol. The average Bonchev–Trinajstić information content (AvgIpc) is 3.27. The van der Waals surface area contributed by atoms with Gasteiger partial charge >= 0.3 is 13.7 Å². The summed E-state index contributed by atoms with van der Waals surface area (Å²) < 4.78 is 16.5. The Morgan fingerprint density at radius 2 is 1.62 bits per heavy atom. The fraction of sp³-hybridized carbons (Fsp3) is 0.524. The summed E-state index contributed by atoms with van der Waals surface area (Å²) in [6.07, 6.45) is 0.399. The predicted molar refractivity (Wildman–Crippen MR) is 121 cm³/mol. The van der Waals surface area contributed by atoms with Crippen LogP contribution >= 0.6 is 7.60 Å². The minimum absolute atomic E-state index is 0.0733. The highest BCUT2D eigenvalue weighted by atomic mass is 31.2. The molecule has 0 unspecified atom stereocenters. The summed E-state index contributed by atoms with van der Waals surface area (Å²) >= 11 is 0. The molecule has 5 N–H and O–H groups in total. The van der Waals surface area contributed by atoms with E-state index in [2.05, 4.69) is 16.0 Å². The Morgan fingerprint density at radius 3 is 2.24 bits per heavy atom. The zero-order chi connectivity index (χ0) is 25.5. The lowest BCUT2D eigenvalue weighted by Crippen LogP contribution is -2.55. The first-order chi connectivity index (χ1) is 15.9. The maximum Gasteiger partial charge on any atom is 0.410 e. The van der Waals surface area contributed by atoms with E-state index in [4.69, 9.17) is 14.5 Å². The highest BCUT2D eigenvalue weighted by Crippen LogP contribution is 2.39. The minimum atomic E-state index is -4.52. The van der Waals surface area contributed by atoms with Crippen LogP contribution in [0.3, 0.4) is 0 Å². The molecular formula is C21H31N4O8P. The number of hydrogen-bond donors (Lipinski definition) is 5. The van der Waals surface area contributed by atoms with E-state index in [1.54, 1.807) is 0 Å². The van der Waals surface area contributed by atoms with Gasteiger partial charge in [-0.2, -0.15) is 0 Å². The number of carbonyl (C=O) groups is 4. The molecule has 0 spiro atoms. The van der Waals surface area contributed by atoms with Crippen molar-refractivity contribution in [2.45, 2.75) is 64.1 Å². The van der Waals surface area contributed by atoms with Crippen molar-refractivity contribution in [3.63, 3.8) is 0 Å². The van der Waals surface area contributed by atoms with Gasteiger partial charge in [-0.25, -0.2) is 4.79 Å². The Bertz CT molecular complexity index is 938. The van der Waals surface area contributed by atoms with Crippen LogP contribution in [0.1, 0.15) is 39.2 Å². The third-order valence-corrected chi connectivity index (χ3v) is 6.49. The van der Waals surface area contributed by atoms with E-state index >= 15 is 0 Å². The first-order valence-electron chi connectivity index (χ1n) is 10.8. The molecule has 13 heteroatoms. The molecule has 0 radical (unpaired) electrons. The SMILES string of the molecule is C[C@H](NC(=O)[C@H](C)NC(=O)[C@@H]1CCCN1C(=O)OCc1ccccc1)C(=O)N[C@@H](C)P(=O)(O)O. The van der Waals surface area contributed by atoms with Crippen molar-refractivity contribution in [3.05, 3.63) is 35.9 Å². The first kappa shape index (κ1) is 27.3. The molecule has 1 aromatic rings. The molecule has 2 rings (SSSR count). The second-order valence-electron chi connectivity index (χ2n) is 8.13. The van der Waals surface area contributed by atoms with E-state index in [0.717, 1.165) is 12.5 Å². The molecule has 4 amide bonds. The van der Waals surface area contributed by atoms with Gasteiger partial charge in [-0.05, 0) is 39.2 Å². The maximum atomic E-state index is 12.7. The quantitative estimate of drug-likeness (QED) is 0.305. The fourth-order valence-electron chi connectivity index (χ4n) is 3.25. The summed E-state index contributed by atoms with van der Waals surface area (Å²) in [5.41, 5.74) is 0.815. The van der Waals surface area contributed by atoms with Gasteiger partial charge in [0.25, 0.3) is 0 Å². The number of nitrogens with zero attached hydrogens (tertiary/aromatic N) is 1. The van der Waals surface area contributed by atoms with Gasteiger partial charge in [-0.1, -0.05) is 30.3 Å². The lowest BCUT2D eigenvalue weighted by Gasteiger charge is -2.25. The van der Waals surface area contributed by atoms with Gasteiger partial charge in [0.05, 0.1) is 0 Å². The number of amides is 4. The van der Waals surface area contributed by atoms with Gasteiger partial charge in [0.15, 0.2) is 0 Å². The van der Waals surface area contributed by atoms with E-state index in [9.17, 15) is 23.7 Å². The Labute approximate surface area is 197 Å². The number of ether oxygens (including phenoxy) is 1. The van der Waals surface area contributed by atoms with Crippen molar-refractivity contribution in [2.24, 2.45) is 0 Å². The number of benzene rings is 1. The Morgan fingerprint density at radius 1 is 1.03 bits per heavy atom. The third-order valence-electron chi connectivity index (χ3n) is 5.35. The maximum absolute atomic E-state index is 12.7. The summed E-state index contributed by atoms with van der Waals surface area (Å²) in [4.78, 5) is 69.1. The fourth-order valence-corrected chi connectivity index (χ4v) is 3.55. The number of nitrogens with one attached hydrogen (secondary N) is 3. The average molecular weight is 498 g/mol. The van der Waals surface area contributed by atoms with E-state index in [0.29, 0.717) is 19.4 Å². The van der Waals surface area contributed by atoms with Gasteiger partial charge in [0.2, 0.25) is 17.7 Å². The van der Waals surface area contributed by atoms with Gasteiger partial charge in [0.1, 0.15) is 30.5 Å². The topological polar surface area (TPSA) is 174 Å². The monoisotopic (exact) mass is 498 g/mol. The standard InChI is InChI=1S/C21H31N4O8P/c1-13(18(26)22-14(2)19(27)24-15(3)34(30,31)32)23-20(28)17-10-7-11-25(17)21(29)33-12-16-8-5-4-6-9-16/h4-6,8-9,13-15,17H,7,10-12H2,1-3H3,(H,22,26)(H,23,28)(H,24,27)(H2,30,31,32)/t13-,14-,15+,17-/m0/s1. The predicted octanol–water partition coefficient (Wildman–Crippen LogP) is 0.437. The lowest BCUT2D eigenvalue weighted by atomic mass is 10.2. The number of likely N-dealkylation sites (tertiary alicyclic amines) is 1. The van der Waals surface area contributed by atoms with Crippen molar-refractivity contribution in [1.29, 1.82) is 0 Å². The van der Waals surface area contributed by atoms with Crippen LogP contribution < -0.4 is 16.0 Å². The smallest absolute Gasteiger partial charge is 0.410 e. The second-order valence-corrected chi connectivity index (χ2v) is 10.1. The molecule has 34 heavy (non-hydrogen) atoms. The molecule has 1 aliphatic rings. The van der Waals surface area contributed by atoms with Crippen LogP contribution in [0.2, 0.25) is 0 Å². The van der Waals surface area contributed by atoms with Crippen molar-refractivity contribution in [2.75, 3.05) is 6.54 Å². The van der Waals surface area contributed by atoms with Crippen LogP contribution in [0.25, 0.3) is 0 Å². The van der Waals surface area contributed by atoms with Gasteiger partial charge in [0, 0.05) is 6.54 Å². The molecule has 1 heterocycles. The summed E-state index contributed by atoms with van der Waals surface area (Å²) in [5.74, 6) is -3.39. The van der Waals surface area contributed by atoms with Crippen molar-refractivity contribution in [3.8, 4) is 0 Å². The van der Waals surface area contributed by atoms with Crippen LogP contribution in [0, 0.1) is 0 Å². The van der Waals surface area contributed by atoms with Crippen LogP contribution in [0.15, 0.2) is 30.3 Å². The first-order valence-corrected chi connectivity index (χ1v) is 12.5. The van der Waals surface area contributed by atoms with E-state index in [1.165, 1.54) is 18.7 Å². The van der Waals surface area contributed by atoms with Crippen LogP contribution in [-0.4, -0.2) is 69.0 Å². The molecule has 188 valence electrons. The Balaban J connectivity index is 1.85. The summed E-state index contributed by atoms with van der Waals surface area (Å²) in [6, 6.07) is 6.21. The normalized spacial score (nSPS) is 18.4. The highest BCUT2D eigenvalue weighted by molar-refractivity contribution is 7.52. The Kier molecular flexibility index (Phi) is 9.60. The summed E-state index contributed by atoms with van der Waals surface area (Å²) in [6.45, 7) is 4.33. The van der Waals surface area contributed by atoms with Crippen LogP contribution in [0.4, 0.5) is 4.79 Å². The van der Waals surface area contributed by atoms with Gasteiger partial charge in [-0.15, -0.1) is 0 Å². The molecule has 4 atom stereocenters. The number of carbonyl (C=O) groups excluding carboxylic acids is 4. The van der Waals surface area contributed by atoms with Crippen molar-refractivity contribution < 1.29 is 38.3 Å². The molecule has 1 fully saturated rings. The third kappa shape index (κ3) is 7.82. The molecule has 12 nitrogen and oxygen atoms in total. The second kappa shape index (κ2) is 12.0. The van der Waals surface area contributed by atoms with E-state index < -0.39 is 55.3 Å². The van der Waals surface area contributed by atoms with Gasteiger partial charge < -0.3 is 30.5 Å². The summed E-state index contributed by atoms with van der Waals surface area (Å²) in [5, 5.41) is 7.04. The lowest BCUT2D eigenvalue weighted by molar-refractivity contribution is -0.132. The largest absolute Gasteiger partial charge is 0.445 e. The summed E-state index contributed by atoms with van der Waals surface area (Å²) in [7, 11) is -4.52. The molecule has 0 bridgehead atoms. The molecule has 1 aliphatic heterocycles. The van der Waals surface area contributed by atoms with Crippen LogP contribution in [-0.2, 0) is 30.3 Å². The van der Waals surface area contributed by atoms with Crippen molar-refractivity contribution >= 4 is 31.4 Å². The molecule has 0 aromatic heterocycles. The van der Waals surface area contributed by atoms with Gasteiger partial charge in [-0.3, -0.25) is 23.8 Å². The van der Waals surface area contributed by atoms with Crippen LogP contribution in [0.5, 0.6) is 0 Å². The molecule has 1 aromatic carbocycles. The zero-order valence-electron chi connectivity index (χ0n) is 19.3. The van der Waals surface area contributed by atoms with E-state index in [-0.39, 0.29) is 6.61 Å². The minimum Gasteiger partial charge on any atom is -0.445 e. The molecule has 0 saturated carbocycles. The van der Waals surface area contributed by atoms with Crippen molar-refractivity contribution in [1.82, 2.24) is 20.9 Å². The number of hydrogen-bond acceptors (Lipinski definition) is 6. The van der Waals surface area contributed by atoms with E-state index in [1.807, 2.05) is 30.3 Å². The zero-order valence-corrected chi connectivity index (χ0v) is 20.2. The molecule has 0 aliphatic carbocycles. The Hall–Kier alpha value is -2.95. The number of rotatable bonds is 9. The molecule has 1 saturated heterocycles.